The molecule has 0 saturated heterocycles. The van der Waals surface area contributed by atoms with Crippen LogP contribution in [-0.2, 0) is 6.42 Å². The molecule has 0 heterocycles. The van der Waals surface area contributed by atoms with Gasteiger partial charge in [0.25, 0.3) is 0 Å². The van der Waals surface area contributed by atoms with Gasteiger partial charge in [-0.2, -0.15) is 0 Å². The van der Waals surface area contributed by atoms with E-state index in [1.807, 2.05) is 6.92 Å². The second kappa shape index (κ2) is 3.88. The third-order valence-electron chi connectivity index (χ3n) is 2.45. The van der Waals surface area contributed by atoms with Crippen molar-refractivity contribution >= 4 is 5.69 Å². The van der Waals surface area contributed by atoms with Gasteiger partial charge in [-0.25, -0.2) is 0 Å². The van der Waals surface area contributed by atoms with Crippen molar-refractivity contribution in [1.82, 2.24) is 0 Å². The first-order chi connectivity index (χ1) is 7.20. The minimum absolute atomic E-state index is 0.0686. The average molecular weight is 207 g/mol. The zero-order chi connectivity index (χ0) is 10.8. The Bertz CT molecular complexity index is 385. The Morgan fingerprint density at radius 3 is 2.80 bits per heavy atom. The Morgan fingerprint density at radius 2 is 2.27 bits per heavy atom. The standard InChI is InChI=1S/C11H13NO3/c1-2-8-3-6-10(12(13)14)11(7-8)15-9-4-5-9/h3,6-7,9H,2,4-5H2,1H3. The van der Waals surface area contributed by atoms with Crippen LogP contribution in [0.3, 0.4) is 0 Å². The zero-order valence-corrected chi connectivity index (χ0v) is 8.60. The molecule has 1 aliphatic rings. The molecule has 1 fully saturated rings. The molecule has 0 aromatic heterocycles. The molecule has 0 unspecified atom stereocenters. The maximum absolute atomic E-state index is 10.7. The van der Waals surface area contributed by atoms with Crippen LogP contribution in [0.5, 0.6) is 5.75 Å². The number of nitrogens with zero attached hydrogens (tertiary/aromatic N) is 1. The number of nitro groups is 1. The van der Waals surface area contributed by atoms with E-state index in [4.69, 9.17) is 4.74 Å². The largest absolute Gasteiger partial charge is 0.483 e. The molecule has 0 spiro atoms. The molecule has 4 heteroatoms. The monoisotopic (exact) mass is 207 g/mol. The minimum atomic E-state index is -0.392. The van der Waals surface area contributed by atoms with Crippen LogP contribution in [0.25, 0.3) is 0 Å². The Morgan fingerprint density at radius 1 is 1.53 bits per heavy atom. The van der Waals surface area contributed by atoms with E-state index in [-0.39, 0.29) is 11.8 Å². The fraction of sp³-hybridized carbons (Fsp3) is 0.455. The van der Waals surface area contributed by atoms with E-state index in [0.717, 1.165) is 24.8 Å². The van der Waals surface area contributed by atoms with E-state index < -0.39 is 4.92 Å². The summed E-state index contributed by atoms with van der Waals surface area (Å²) in [7, 11) is 0. The first kappa shape index (κ1) is 9.96. The van der Waals surface area contributed by atoms with Gasteiger partial charge in [-0.1, -0.05) is 13.0 Å². The summed E-state index contributed by atoms with van der Waals surface area (Å²) in [6, 6.07) is 5.07. The first-order valence-electron chi connectivity index (χ1n) is 5.14. The van der Waals surface area contributed by atoms with Crippen molar-refractivity contribution in [3.05, 3.63) is 33.9 Å². The van der Waals surface area contributed by atoms with Gasteiger partial charge in [0.05, 0.1) is 11.0 Å². The third kappa shape index (κ3) is 2.26. The summed E-state index contributed by atoms with van der Waals surface area (Å²) in [5.74, 6) is 0.418. The molecule has 1 aromatic carbocycles. The molecule has 80 valence electrons. The highest BCUT2D eigenvalue weighted by molar-refractivity contribution is 5.48. The lowest BCUT2D eigenvalue weighted by Gasteiger charge is -2.06. The summed E-state index contributed by atoms with van der Waals surface area (Å²) >= 11 is 0. The Balaban J connectivity index is 2.30. The molecular formula is C11H13NO3. The smallest absolute Gasteiger partial charge is 0.310 e. The van der Waals surface area contributed by atoms with Crippen LogP contribution in [0, 0.1) is 10.1 Å². The number of benzene rings is 1. The van der Waals surface area contributed by atoms with Gasteiger partial charge in [0.2, 0.25) is 0 Å². The van der Waals surface area contributed by atoms with Crippen molar-refractivity contribution in [2.45, 2.75) is 32.3 Å². The summed E-state index contributed by atoms with van der Waals surface area (Å²) in [5.41, 5.74) is 1.13. The third-order valence-corrected chi connectivity index (χ3v) is 2.45. The van der Waals surface area contributed by atoms with E-state index in [0.29, 0.717) is 5.75 Å². The fourth-order valence-corrected chi connectivity index (χ4v) is 1.39. The van der Waals surface area contributed by atoms with E-state index in [9.17, 15) is 10.1 Å². The van der Waals surface area contributed by atoms with Gasteiger partial charge in [-0.05, 0) is 30.9 Å². The summed E-state index contributed by atoms with van der Waals surface area (Å²) in [6.07, 6.45) is 3.07. The molecular weight excluding hydrogens is 194 g/mol. The van der Waals surface area contributed by atoms with Crippen LogP contribution in [-0.4, -0.2) is 11.0 Å². The average Bonchev–Trinajstić information content (AvgIpc) is 3.01. The molecule has 0 atom stereocenters. The maximum atomic E-state index is 10.7. The highest BCUT2D eigenvalue weighted by Crippen LogP contribution is 2.34. The number of aryl methyl sites for hydroxylation is 1. The second-order valence-corrected chi connectivity index (χ2v) is 3.73. The molecule has 0 bridgehead atoms. The van der Waals surface area contributed by atoms with E-state index in [2.05, 4.69) is 0 Å². The minimum Gasteiger partial charge on any atom is -0.483 e. The van der Waals surface area contributed by atoms with Gasteiger partial charge in [-0.15, -0.1) is 0 Å². The normalized spacial score (nSPS) is 15.0. The molecule has 4 nitrogen and oxygen atoms in total. The lowest BCUT2D eigenvalue weighted by molar-refractivity contribution is -0.386. The van der Waals surface area contributed by atoms with Gasteiger partial charge in [0.15, 0.2) is 5.75 Å². The van der Waals surface area contributed by atoms with Crippen molar-refractivity contribution in [3.63, 3.8) is 0 Å². The van der Waals surface area contributed by atoms with Crippen LogP contribution in [0.4, 0.5) is 5.69 Å². The fourth-order valence-electron chi connectivity index (χ4n) is 1.39. The zero-order valence-electron chi connectivity index (χ0n) is 8.60. The van der Waals surface area contributed by atoms with Crippen LogP contribution in [0.2, 0.25) is 0 Å². The van der Waals surface area contributed by atoms with Crippen LogP contribution in [0.15, 0.2) is 18.2 Å². The van der Waals surface area contributed by atoms with Gasteiger partial charge in [0.1, 0.15) is 0 Å². The lowest BCUT2D eigenvalue weighted by Crippen LogP contribution is -2.00. The highest BCUT2D eigenvalue weighted by atomic mass is 16.6. The molecule has 0 N–H and O–H groups in total. The molecule has 1 aliphatic carbocycles. The molecule has 0 radical (unpaired) electrons. The summed E-state index contributed by atoms with van der Waals surface area (Å²) < 4.78 is 5.52. The number of ether oxygens (including phenoxy) is 1. The van der Waals surface area contributed by atoms with Gasteiger partial charge < -0.3 is 4.74 Å². The first-order valence-corrected chi connectivity index (χ1v) is 5.14. The van der Waals surface area contributed by atoms with Crippen LogP contribution >= 0.6 is 0 Å². The van der Waals surface area contributed by atoms with Crippen molar-refractivity contribution in [2.75, 3.05) is 0 Å². The highest BCUT2D eigenvalue weighted by Gasteiger charge is 2.27. The Kier molecular flexibility index (Phi) is 2.58. The molecule has 2 rings (SSSR count). The Hall–Kier alpha value is -1.58. The van der Waals surface area contributed by atoms with Crippen LogP contribution in [0.1, 0.15) is 25.3 Å². The summed E-state index contributed by atoms with van der Waals surface area (Å²) in [4.78, 5) is 10.4. The van der Waals surface area contributed by atoms with Crippen molar-refractivity contribution in [3.8, 4) is 5.75 Å². The number of nitro benzene ring substituents is 1. The van der Waals surface area contributed by atoms with E-state index in [1.54, 1.807) is 12.1 Å². The van der Waals surface area contributed by atoms with Gasteiger partial charge >= 0.3 is 5.69 Å². The molecule has 1 aromatic rings. The van der Waals surface area contributed by atoms with Crippen molar-refractivity contribution in [1.29, 1.82) is 0 Å². The number of hydrogen-bond acceptors (Lipinski definition) is 3. The number of hydrogen-bond donors (Lipinski definition) is 0. The second-order valence-electron chi connectivity index (χ2n) is 3.73. The molecule has 0 amide bonds. The molecule has 15 heavy (non-hydrogen) atoms. The lowest BCUT2D eigenvalue weighted by atomic mass is 10.1. The topological polar surface area (TPSA) is 52.4 Å². The van der Waals surface area contributed by atoms with E-state index in [1.165, 1.54) is 6.07 Å². The van der Waals surface area contributed by atoms with Crippen molar-refractivity contribution in [2.24, 2.45) is 0 Å². The molecule has 0 aliphatic heterocycles. The summed E-state index contributed by atoms with van der Waals surface area (Å²) in [6.45, 7) is 2.02. The maximum Gasteiger partial charge on any atom is 0.310 e. The van der Waals surface area contributed by atoms with E-state index >= 15 is 0 Å². The predicted molar refractivity (Wildman–Crippen MR) is 56.1 cm³/mol. The van der Waals surface area contributed by atoms with Crippen molar-refractivity contribution < 1.29 is 9.66 Å². The van der Waals surface area contributed by atoms with Crippen LogP contribution < -0.4 is 4.74 Å². The summed E-state index contributed by atoms with van der Waals surface area (Å²) in [5, 5.41) is 10.7. The Labute approximate surface area is 88.0 Å². The number of rotatable bonds is 4. The van der Waals surface area contributed by atoms with Gasteiger partial charge in [0, 0.05) is 6.07 Å². The quantitative estimate of drug-likeness (QED) is 0.563. The molecule has 1 saturated carbocycles. The SMILES string of the molecule is CCc1ccc([N+](=O)[O-])c(OC2CC2)c1. The predicted octanol–water partition coefficient (Wildman–Crippen LogP) is 2.70. The van der Waals surface area contributed by atoms with Gasteiger partial charge in [-0.3, -0.25) is 10.1 Å².